The van der Waals surface area contributed by atoms with Crippen LogP contribution in [0.1, 0.15) is 82.0 Å². The summed E-state index contributed by atoms with van der Waals surface area (Å²) in [5.74, 6) is 0.734. The summed E-state index contributed by atoms with van der Waals surface area (Å²) in [6.07, 6.45) is 7.59. The van der Waals surface area contributed by atoms with E-state index in [1.54, 1.807) is 38.5 Å². The molecule has 1 unspecified atom stereocenters. The van der Waals surface area contributed by atoms with Gasteiger partial charge in [0, 0.05) is 38.9 Å². The van der Waals surface area contributed by atoms with Gasteiger partial charge in [0.05, 0.1) is 25.4 Å². The number of amides is 2. The van der Waals surface area contributed by atoms with Gasteiger partial charge in [0.1, 0.15) is 23.4 Å². The maximum absolute atomic E-state index is 13.8. The average molecular weight is 650 g/mol. The maximum atomic E-state index is 13.8. The third-order valence-electron chi connectivity index (χ3n) is 7.90. The maximum Gasteiger partial charge on any atom is 0.407 e. The van der Waals surface area contributed by atoms with Crippen LogP contribution in [-0.4, -0.2) is 80.6 Å². The molecule has 0 radical (unpaired) electrons. The number of fused-ring (bicyclic) bond motifs is 1. The van der Waals surface area contributed by atoms with E-state index in [4.69, 9.17) is 24.4 Å². The molecule has 254 valence electrons. The number of rotatable bonds is 12. The largest absolute Gasteiger partial charge is 0.453 e. The predicted octanol–water partition coefficient (Wildman–Crippen LogP) is 3.89. The molecule has 0 spiro atoms. The molecule has 0 aromatic carbocycles. The number of Topliss-reactive ketones (excluding diaryl/α,β-unsaturated/α-hetero) is 1. The molecular formula is C34H47N7O6. The zero-order valence-corrected chi connectivity index (χ0v) is 28.5. The zero-order valence-electron chi connectivity index (χ0n) is 28.5. The van der Waals surface area contributed by atoms with Crippen LogP contribution in [0.2, 0.25) is 0 Å². The molecule has 13 heteroatoms. The van der Waals surface area contributed by atoms with Gasteiger partial charge in [-0.15, -0.1) is 0 Å². The van der Waals surface area contributed by atoms with E-state index in [-0.39, 0.29) is 53.8 Å². The number of nitrogens with zero attached hydrogens (tertiary/aromatic N) is 6. The van der Waals surface area contributed by atoms with Crippen LogP contribution >= 0.6 is 0 Å². The normalized spacial score (nSPS) is 15.9. The van der Waals surface area contributed by atoms with Crippen LogP contribution in [0.4, 0.5) is 4.79 Å². The first kappa shape index (κ1) is 35.5. The van der Waals surface area contributed by atoms with Crippen molar-refractivity contribution in [3.63, 3.8) is 0 Å². The Morgan fingerprint density at radius 2 is 1.96 bits per heavy atom. The minimum atomic E-state index is -0.912. The molecule has 4 rings (SSSR count). The molecule has 0 saturated carbocycles. The number of likely N-dealkylation sites (N-methyl/N-ethyl adjacent to an activating group) is 1. The number of nitrogens with one attached hydrogen (secondary N) is 1. The fourth-order valence-electron chi connectivity index (χ4n) is 5.58. The van der Waals surface area contributed by atoms with Crippen LogP contribution in [-0.2, 0) is 38.4 Å². The van der Waals surface area contributed by atoms with E-state index < -0.39 is 12.1 Å². The van der Waals surface area contributed by atoms with Gasteiger partial charge in [0.2, 0.25) is 5.91 Å². The predicted molar refractivity (Wildman–Crippen MR) is 177 cm³/mol. The number of hydrogen-bond donors (Lipinski definition) is 1. The molecule has 3 aromatic heterocycles. The van der Waals surface area contributed by atoms with Crippen LogP contribution in [0.25, 0.3) is 11.2 Å². The van der Waals surface area contributed by atoms with Crippen molar-refractivity contribution in [1.29, 1.82) is 0 Å². The average Bonchev–Trinajstić information content (AvgIpc) is 3.37. The summed E-state index contributed by atoms with van der Waals surface area (Å²) in [4.78, 5) is 67.1. The second-order valence-corrected chi connectivity index (χ2v) is 13.4. The molecule has 1 aliphatic rings. The number of aromatic nitrogens is 5. The highest BCUT2D eigenvalue weighted by Gasteiger charge is 2.27. The van der Waals surface area contributed by atoms with E-state index in [0.29, 0.717) is 42.3 Å². The van der Waals surface area contributed by atoms with Gasteiger partial charge >= 0.3 is 6.09 Å². The van der Waals surface area contributed by atoms with Gasteiger partial charge < -0.3 is 24.3 Å². The summed E-state index contributed by atoms with van der Waals surface area (Å²) in [6, 6.07) is 2.43. The number of pyridine rings is 1. The summed E-state index contributed by atoms with van der Waals surface area (Å²) in [7, 11) is 4.50. The van der Waals surface area contributed by atoms with Gasteiger partial charge in [0.15, 0.2) is 11.4 Å². The van der Waals surface area contributed by atoms with Gasteiger partial charge in [-0.3, -0.25) is 19.0 Å². The van der Waals surface area contributed by atoms with Crippen LogP contribution in [0, 0.1) is 12.3 Å². The van der Waals surface area contributed by atoms with Crippen molar-refractivity contribution < 1.29 is 23.9 Å². The standard InChI is InChI=1S/C34H47N7O6/c1-22-35-25(20-34(2,3)4)30-31(36-22)41(29-16-10-11-18-47-29)27(38-30)21-40-17-12-13-23(32(40)44)19-26(42)24(37-33(45)46-7)14-8-9-15-28(43)39(5)6/h9,12-13,15,17,24,29H,8,10-11,14,16,18-21H2,1-7H3,(H,37,45)/b15-9+/t24-,29?/m0/s1. The SMILES string of the molecule is COC(=O)N[C@@H](CC/C=C/C(=O)N(C)C)C(=O)Cc1cccn(Cc2nc3c(CC(C)(C)C)nc(C)nc3n2C2CCCCO2)c1=O. The minimum absolute atomic E-state index is 0.0304. The van der Waals surface area contributed by atoms with Crippen LogP contribution in [0.5, 0.6) is 0 Å². The van der Waals surface area contributed by atoms with Crippen LogP contribution in [0.3, 0.4) is 0 Å². The Labute approximate surface area is 275 Å². The fourth-order valence-corrected chi connectivity index (χ4v) is 5.58. The first-order valence-corrected chi connectivity index (χ1v) is 16.1. The van der Waals surface area contributed by atoms with Crippen molar-refractivity contribution >= 4 is 28.9 Å². The second-order valence-electron chi connectivity index (χ2n) is 13.4. The highest BCUT2D eigenvalue weighted by atomic mass is 16.5. The lowest BCUT2D eigenvalue weighted by molar-refractivity contribution is -0.123. The van der Waals surface area contributed by atoms with Crippen molar-refractivity contribution in [3.8, 4) is 0 Å². The minimum Gasteiger partial charge on any atom is -0.453 e. The number of alkyl carbamates (subject to hydrolysis) is 1. The molecule has 0 bridgehead atoms. The third-order valence-corrected chi connectivity index (χ3v) is 7.90. The zero-order chi connectivity index (χ0) is 34.3. The second kappa shape index (κ2) is 15.5. The number of methoxy groups -OCH3 is 1. The Morgan fingerprint density at radius 1 is 1.19 bits per heavy atom. The molecule has 1 fully saturated rings. The summed E-state index contributed by atoms with van der Waals surface area (Å²) in [6.45, 7) is 9.09. The third kappa shape index (κ3) is 9.34. The van der Waals surface area contributed by atoms with E-state index in [1.165, 1.54) is 22.7 Å². The number of ketones is 1. The molecule has 1 saturated heterocycles. The summed E-state index contributed by atoms with van der Waals surface area (Å²) < 4.78 is 14.4. The Morgan fingerprint density at radius 3 is 2.62 bits per heavy atom. The van der Waals surface area contributed by atoms with Gasteiger partial charge in [0.25, 0.3) is 5.56 Å². The van der Waals surface area contributed by atoms with Crippen molar-refractivity contribution in [3.05, 3.63) is 63.7 Å². The lowest BCUT2D eigenvalue weighted by Gasteiger charge is -2.26. The summed E-state index contributed by atoms with van der Waals surface area (Å²) in [5.41, 5.74) is 2.16. The lowest BCUT2D eigenvalue weighted by atomic mass is 9.90. The number of ether oxygens (including phenoxy) is 2. The van der Waals surface area contributed by atoms with Gasteiger partial charge in [-0.1, -0.05) is 32.9 Å². The first-order chi connectivity index (χ1) is 22.3. The number of imidazole rings is 1. The highest BCUT2D eigenvalue weighted by molar-refractivity contribution is 5.89. The van der Waals surface area contributed by atoms with Crippen molar-refractivity contribution in [2.75, 3.05) is 27.8 Å². The van der Waals surface area contributed by atoms with E-state index in [1.807, 2.05) is 11.5 Å². The van der Waals surface area contributed by atoms with E-state index in [9.17, 15) is 19.2 Å². The molecule has 2 atom stereocenters. The van der Waals surface area contributed by atoms with Crippen molar-refractivity contribution in [2.45, 2.75) is 91.5 Å². The highest BCUT2D eigenvalue weighted by Crippen LogP contribution is 2.31. The Hall–Kier alpha value is -4.39. The molecule has 1 N–H and O–H groups in total. The number of hydrogen-bond acceptors (Lipinski definition) is 9. The molecule has 13 nitrogen and oxygen atoms in total. The summed E-state index contributed by atoms with van der Waals surface area (Å²) >= 11 is 0. The quantitative estimate of drug-likeness (QED) is 0.288. The number of aryl methyl sites for hydroxylation is 1. The lowest BCUT2D eigenvalue weighted by Crippen LogP contribution is -2.42. The summed E-state index contributed by atoms with van der Waals surface area (Å²) in [5, 5.41) is 2.57. The Bertz CT molecular complexity index is 1680. The van der Waals surface area contributed by atoms with Crippen LogP contribution in [0.15, 0.2) is 35.3 Å². The number of allylic oxidation sites excluding steroid dienone is 1. The number of carbonyl (C=O) groups excluding carboxylic acids is 3. The van der Waals surface area contributed by atoms with Gasteiger partial charge in [-0.05, 0) is 63.0 Å². The van der Waals surface area contributed by atoms with E-state index in [0.717, 1.165) is 25.0 Å². The monoisotopic (exact) mass is 649 g/mol. The number of carbonyl (C=O) groups is 3. The van der Waals surface area contributed by atoms with Crippen molar-refractivity contribution in [1.82, 2.24) is 34.3 Å². The molecule has 3 aromatic rings. The van der Waals surface area contributed by atoms with Crippen molar-refractivity contribution in [2.24, 2.45) is 5.41 Å². The van der Waals surface area contributed by atoms with Crippen LogP contribution < -0.4 is 10.9 Å². The molecule has 4 heterocycles. The molecule has 1 aliphatic heterocycles. The molecular weight excluding hydrogens is 602 g/mol. The molecule has 47 heavy (non-hydrogen) atoms. The molecule has 2 amide bonds. The Balaban J connectivity index is 1.64. The first-order valence-electron chi connectivity index (χ1n) is 16.1. The molecule has 0 aliphatic carbocycles. The Kier molecular flexibility index (Phi) is 11.7. The smallest absolute Gasteiger partial charge is 0.407 e. The van der Waals surface area contributed by atoms with Gasteiger partial charge in [-0.2, -0.15) is 0 Å². The van der Waals surface area contributed by atoms with E-state index >= 15 is 0 Å². The van der Waals surface area contributed by atoms with E-state index in [2.05, 4.69) is 26.1 Å². The fraction of sp³-hybridized carbons (Fsp3) is 0.559. The topological polar surface area (TPSA) is 151 Å². The van der Waals surface area contributed by atoms with Gasteiger partial charge in [-0.25, -0.2) is 19.7 Å².